The van der Waals surface area contributed by atoms with Crippen molar-refractivity contribution in [1.29, 1.82) is 0 Å². The van der Waals surface area contributed by atoms with Crippen LogP contribution in [0.5, 0.6) is 5.75 Å². The molecule has 4 aromatic rings. The van der Waals surface area contributed by atoms with Crippen LogP contribution in [0.15, 0.2) is 66.7 Å². The average molecular weight is 387 g/mol. The molecule has 0 saturated heterocycles. The molecule has 6 heteroatoms. The van der Waals surface area contributed by atoms with Crippen molar-refractivity contribution < 1.29 is 14.6 Å². The highest BCUT2D eigenvalue weighted by atomic mass is 16.5. The second-order valence-electron chi connectivity index (χ2n) is 6.79. The average Bonchev–Trinajstić information content (AvgIpc) is 3.18. The zero-order chi connectivity index (χ0) is 20.4. The molecule has 1 aromatic heterocycles. The number of aliphatic hydroxyl groups excluding tert-OH is 1. The van der Waals surface area contributed by atoms with E-state index >= 15 is 0 Å². The number of aliphatic hydroxyl groups is 1. The van der Waals surface area contributed by atoms with Crippen LogP contribution in [0.1, 0.15) is 29.2 Å². The largest absolute Gasteiger partial charge is 0.497 e. The number of nitrogens with zero attached hydrogens (tertiary/aromatic N) is 1. The van der Waals surface area contributed by atoms with Crippen molar-refractivity contribution in [2.75, 3.05) is 12.4 Å². The van der Waals surface area contributed by atoms with E-state index in [4.69, 9.17) is 4.74 Å². The van der Waals surface area contributed by atoms with Gasteiger partial charge in [-0.1, -0.05) is 24.3 Å². The quantitative estimate of drug-likeness (QED) is 0.469. The molecule has 1 atom stereocenters. The third-order valence-electron chi connectivity index (χ3n) is 4.70. The summed E-state index contributed by atoms with van der Waals surface area (Å²) in [7, 11) is 1.64. The molecule has 0 spiro atoms. The van der Waals surface area contributed by atoms with Crippen molar-refractivity contribution in [3.8, 4) is 16.9 Å². The number of imidazole rings is 1. The number of ether oxygens (including phenoxy) is 1. The lowest BCUT2D eigenvalue weighted by molar-refractivity contribution is 0.102. The molecule has 146 valence electrons. The number of benzene rings is 3. The van der Waals surface area contributed by atoms with E-state index < -0.39 is 6.10 Å². The third kappa shape index (κ3) is 3.97. The van der Waals surface area contributed by atoms with Crippen LogP contribution >= 0.6 is 0 Å². The number of amides is 1. The molecule has 0 fully saturated rings. The highest BCUT2D eigenvalue weighted by molar-refractivity contribution is 6.05. The van der Waals surface area contributed by atoms with Gasteiger partial charge in [0.2, 0.25) is 0 Å². The lowest BCUT2D eigenvalue weighted by atomic mass is 10.0. The van der Waals surface area contributed by atoms with E-state index in [2.05, 4.69) is 15.3 Å². The summed E-state index contributed by atoms with van der Waals surface area (Å²) >= 11 is 0. The van der Waals surface area contributed by atoms with Crippen LogP contribution in [0.2, 0.25) is 0 Å². The van der Waals surface area contributed by atoms with Gasteiger partial charge in [-0.05, 0) is 60.5 Å². The van der Waals surface area contributed by atoms with E-state index in [1.807, 2.05) is 36.4 Å². The topological polar surface area (TPSA) is 87.2 Å². The number of anilines is 1. The number of carbonyl (C=O) groups excluding carboxylic acids is 1. The number of carbonyl (C=O) groups is 1. The van der Waals surface area contributed by atoms with Gasteiger partial charge in [0.15, 0.2) is 0 Å². The van der Waals surface area contributed by atoms with E-state index in [1.54, 1.807) is 44.4 Å². The Labute approximate surface area is 168 Å². The Bertz CT molecular complexity index is 1160. The maximum absolute atomic E-state index is 12.6. The highest BCUT2D eigenvalue weighted by Crippen LogP contribution is 2.25. The molecule has 1 heterocycles. The predicted molar refractivity (Wildman–Crippen MR) is 113 cm³/mol. The summed E-state index contributed by atoms with van der Waals surface area (Å²) < 4.78 is 5.26. The summed E-state index contributed by atoms with van der Waals surface area (Å²) in [5.41, 5.74) is 4.74. The van der Waals surface area contributed by atoms with E-state index in [0.29, 0.717) is 17.1 Å². The van der Waals surface area contributed by atoms with Crippen molar-refractivity contribution in [1.82, 2.24) is 9.97 Å². The lowest BCUT2D eigenvalue weighted by Crippen LogP contribution is -2.11. The molecule has 4 rings (SSSR count). The zero-order valence-electron chi connectivity index (χ0n) is 16.1. The Kier molecular flexibility index (Phi) is 5.01. The number of methoxy groups -OCH3 is 1. The van der Waals surface area contributed by atoms with Crippen molar-refractivity contribution in [2.24, 2.45) is 0 Å². The fraction of sp³-hybridized carbons (Fsp3) is 0.130. The standard InChI is InChI=1S/C23H21N3O3/c1-14(27)22-25-20-11-10-18(13-21(20)26-22)24-23(28)16-8-6-15(7-9-16)17-4-3-5-19(12-17)29-2/h3-14,27H,1-2H3,(H,24,28)(H,25,26). The second-order valence-corrected chi connectivity index (χ2v) is 6.79. The first-order valence-electron chi connectivity index (χ1n) is 9.27. The maximum Gasteiger partial charge on any atom is 0.255 e. The molecule has 0 saturated carbocycles. The molecule has 1 unspecified atom stereocenters. The Morgan fingerprint density at radius 1 is 1.07 bits per heavy atom. The Balaban J connectivity index is 1.51. The Hall–Kier alpha value is -3.64. The number of H-pyrrole nitrogens is 1. The predicted octanol–water partition coefficient (Wildman–Crippen LogP) is 4.54. The minimum absolute atomic E-state index is 0.197. The fourth-order valence-electron chi connectivity index (χ4n) is 3.12. The van der Waals surface area contributed by atoms with Gasteiger partial charge in [-0.3, -0.25) is 4.79 Å². The number of hydrogen-bond donors (Lipinski definition) is 3. The number of nitrogens with one attached hydrogen (secondary N) is 2. The number of aromatic amines is 1. The molecule has 0 radical (unpaired) electrons. The summed E-state index contributed by atoms with van der Waals surface area (Å²) in [6.45, 7) is 1.65. The van der Waals surface area contributed by atoms with Gasteiger partial charge in [-0.25, -0.2) is 4.98 Å². The third-order valence-corrected chi connectivity index (χ3v) is 4.70. The number of rotatable bonds is 5. The smallest absolute Gasteiger partial charge is 0.255 e. The maximum atomic E-state index is 12.6. The van der Waals surface area contributed by atoms with Crippen molar-refractivity contribution in [3.63, 3.8) is 0 Å². The molecule has 0 aliphatic heterocycles. The summed E-state index contributed by atoms with van der Waals surface area (Å²) in [5, 5.41) is 12.5. The molecule has 6 nitrogen and oxygen atoms in total. The molecule has 3 N–H and O–H groups in total. The first-order chi connectivity index (χ1) is 14.0. The molecule has 0 aliphatic rings. The number of aromatic nitrogens is 2. The van der Waals surface area contributed by atoms with Gasteiger partial charge in [0.1, 0.15) is 17.7 Å². The molecule has 0 aliphatic carbocycles. The summed E-state index contributed by atoms with van der Waals surface area (Å²) in [5.74, 6) is 1.09. The van der Waals surface area contributed by atoms with Gasteiger partial charge in [-0.15, -0.1) is 0 Å². The van der Waals surface area contributed by atoms with Crippen LogP contribution in [0.3, 0.4) is 0 Å². The summed E-state index contributed by atoms with van der Waals surface area (Å²) in [6.07, 6.45) is -0.677. The van der Waals surface area contributed by atoms with Crippen LogP contribution < -0.4 is 10.1 Å². The Morgan fingerprint density at radius 3 is 2.59 bits per heavy atom. The SMILES string of the molecule is COc1cccc(-c2ccc(C(=O)Nc3ccc4nc(C(C)O)[nH]c4c3)cc2)c1. The Morgan fingerprint density at radius 2 is 1.86 bits per heavy atom. The summed E-state index contributed by atoms with van der Waals surface area (Å²) in [4.78, 5) is 20.0. The second kappa shape index (κ2) is 7.77. The van der Waals surface area contributed by atoms with Gasteiger partial charge in [-0.2, -0.15) is 0 Å². The fourth-order valence-corrected chi connectivity index (χ4v) is 3.12. The van der Waals surface area contributed by atoms with Crippen LogP contribution in [0.25, 0.3) is 22.2 Å². The van der Waals surface area contributed by atoms with E-state index in [0.717, 1.165) is 27.9 Å². The molecular weight excluding hydrogens is 366 g/mol. The lowest BCUT2D eigenvalue weighted by Gasteiger charge is -2.08. The van der Waals surface area contributed by atoms with E-state index in [-0.39, 0.29) is 5.91 Å². The molecule has 0 bridgehead atoms. The minimum atomic E-state index is -0.677. The molecule has 3 aromatic carbocycles. The van der Waals surface area contributed by atoms with Gasteiger partial charge in [0, 0.05) is 11.3 Å². The van der Waals surface area contributed by atoms with Crippen LogP contribution in [-0.4, -0.2) is 28.1 Å². The van der Waals surface area contributed by atoms with Crippen LogP contribution in [-0.2, 0) is 0 Å². The van der Waals surface area contributed by atoms with Gasteiger partial charge >= 0.3 is 0 Å². The first kappa shape index (κ1) is 18.7. The van der Waals surface area contributed by atoms with Crippen molar-refractivity contribution in [3.05, 3.63) is 78.1 Å². The van der Waals surface area contributed by atoms with Gasteiger partial charge < -0.3 is 20.1 Å². The van der Waals surface area contributed by atoms with Crippen LogP contribution in [0.4, 0.5) is 5.69 Å². The first-order valence-corrected chi connectivity index (χ1v) is 9.27. The van der Waals surface area contributed by atoms with Crippen molar-refractivity contribution in [2.45, 2.75) is 13.0 Å². The minimum Gasteiger partial charge on any atom is -0.497 e. The van der Waals surface area contributed by atoms with E-state index in [1.165, 1.54) is 0 Å². The summed E-state index contributed by atoms with van der Waals surface area (Å²) in [6, 6.07) is 20.6. The number of hydrogen-bond acceptors (Lipinski definition) is 4. The van der Waals surface area contributed by atoms with E-state index in [9.17, 15) is 9.90 Å². The zero-order valence-corrected chi connectivity index (χ0v) is 16.1. The van der Waals surface area contributed by atoms with Gasteiger partial charge in [0.25, 0.3) is 5.91 Å². The normalized spacial score (nSPS) is 12.0. The molecular formula is C23H21N3O3. The molecule has 1 amide bonds. The van der Waals surface area contributed by atoms with Crippen molar-refractivity contribution >= 4 is 22.6 Å². The van der Waals surface area contributed by atoms with Gasteiger partial charge in [0.05, 0.1) is 18.1 Å². The molecule has 29 heavy (non-hydrogen) atoms. The van der Waals surface area contributed by atoms with Crippen LogP contribution in [0, 0.1) is 0 Å². The monoisotopic (exact) mass is 387 g/mol. The number of fused-ring (bicyclic) bond motifs is 1. The highest BCUT2D eigenvalue weighted by Gasteiger charge is 2.10.